The maximum Gasteiger partial charge on any atom is 0.121 e. The quantitative estimate of drug-likeness (QED) is 0.498. The molecule has 1 heterocycles. The Morgan fingerprint density at radius 3 is 2.50 bits per heavy atom. The molecular weight excluding hydrogens is 306 g/mol. The molecule has 0 atom stereocenters. The van der Waals surface area contributed by atoms with E-state index in [9.17, 15) is 0 Å². The Kier molecular flexibility index (Phi) is 3.62. The zero-order chi connectivity index (χ0) is 16.7. The van der Waals surface area contributed by atoms with Crippen LogP contribution in [-0.4, -0.2) is 14.1 Å². The van der Waals surface area contributed by atoms with Gasteiger partial charge < -0.3 is 4.57 Å². The first-order valence-corrected chi connectivity index (χ1v) is 9.17. The Balaban J connectivity index is 1.88. The Labute approximate surface area is 145 Å². The van der Waals surface area contributed by atoms with Crippen molar-refractivity contribution in [3.8, 4) is 0 Å². The number of hydrogen-bond acceptors (Lipinski definition) is 0. The standard InChI is InChI=1S/C22H19NSi/c1-4-23-20-10-6-5-9-18(20)19-14-17(12-13-21(19)23)24-22-11-7-8-15(2)16(22)3/h4-14H,1H2,2-3H3. The first-order chi connectivity index (χ1) is 11.7. The van der Waals surface area contributed by atoms with Gasteiger partial charge >= 0.3 is 0 Å². The summed E-state index contributed by atoms with van der Waals surface area (Å²) in [7, 11) is 0.681. The number of hydrogen-bond donors (Lipinski definition) is 0. The summed E-state index contributed by atoms with van der Waals surface area (Å²) in [6, 6.07) is 22.0. The number of para-hydroxylation sites is 1. The summed E-state index contributed by atoms with van der Waals surface area (Å²) in [5, 5.41) is 5.41. The number of aromatic nitrogens is 1. The van der Waals surface area contributed by atoms with Crippen molar-refractivity contribution in [3.63, 3.8) is 0 Å². The van der Waals surface area contributed by atoms with E-state index in [-0.39, 0.29) is 0 Å². The highest BCUT2D eigenvalue weighted by molar-refractivity contribution is 6.68. The van der Waals surface area contributed by atoms with Crippen LogP contribution >= 0.6 is 0 Å². The molecule has 0 bridgehead atoms. The topological polar surface area (TPSA) is 4.93 Å². The molecule has 0 N–H and O–H groups in total. The van der Waals surface area contributed by atoms with Crippen LogP contribution in [0.15, 0.2) is 67.2 Å². The molecule has 0 amide bonds. The van der Waals surface area contributed by atoms with Crippen molar-refractivity contribution in [2.75, 3.05) is 0 Å². The Morgan fingerprint density at radius 1 is 0.875 bits per heavy atom. The predicted octanol–water partition coefficient (Wildman–Crippen LogP) is 4.17. The summed E-state index contributed by atoms with van der Waals surface area (Å²) in [4.78, 5) is 0. The molecule has 0 fully saturated rings. The van der Waals surface area contributed by atoms with E-state index in [2.05, 4.69) is 85.7 Å². The summed E-state index contributed by atoms with van der Waals surface area (Å²) >= 11 is 0. The third kappa shape index (κ3) is 2.31. The third-order valence-corrected chi connectivity index (χ3v) is 6.19. The van der Waals surface area contributed by atoms with Crippen LogP contribution in [0.2, 0.25) is 0 Å². The fourth-order valence-corrected chi connectivity index (χ4v) is 4.58. The summed E-state index contributed by atoms with van der Waals surface area (Å²) in [5.41, 5.74) is 5.21. The normalized spacial score (nSPS) is 11.2. The van der Waals surface area contributed by atoms with E-state index in [1.165, 1.54) is 43.3 Å². The highest BCUT2D eigenvalue weighted by atomic mass is 28.2. The van der Waals surface area contributed by atoms with E-state index in [0.717, 1.165) is 0 Å². The molecule has 0 unspecified atom stereocenters. The predicted molar refractivity (Wildman–Crippen MR) is 107 cm³/mol. The van der Waals surface area contributed by atoms with Gasteiger partial charge in [-0.1, -0.05) is 65.5 Å². The molecule has 0 aliphatic rings. The molecule has 0 saturated carbocycles. The molecule has 0 aliphatic heterocycles. The van der Waals surface area contributed by atoms with Crippen LogP contribution in [0, 0.1) is 13.8 Å². The van der Waals surface area contributed by atoms with E-state index in [1.807, 2.05) is 6.20 Å². The summed E-state index contributed by atoms with van der Waals surface area (Å²) in [6.07, 6.45) is 1.90. The van der Waals surface area contributed by atoms with Crippen LogP contribution in [0.4, 0.5) is 0 Å². The van der Waals surface area contributed by atoms with Crippen LogP contribution in [0.1, 0.15) is 11.1 Å². The zero-order valence-electron chi connectivity index (χ0n) is 14.0. The fourth-order valence-electron chi connectivity index (χ4n) is 3.32. The molecular formula is C22H19NSi. The minimum absolute atomic E-state index is 0.681. The third-order valence-electron chi connectivity index (χ3n) is 4.78. The maximum absolute atomic E-state index is 3.98. The minimum atomic E-state index is 0.681. The fraction of sp³-hybridized carbons (Fsp3) is 0.0909. The molecule has 3 aromatic carbocycles. The van der Waals surface area contributed by atoms with Crippen LogP contribution in [-0.2, 0) is 0 Å². The van der Waals surface area contributed by atoms with Gasteiger partial charge in [-0.2, -0.15) is 0 Å². The second kappa shape index (κ2) is 5.80. The van der Waals surface area contributed by atoms with Gasteiger partial charge in [-0.25, -0.2) is 0 Å². The molecule has 4 aromatic rings. The van der Waals surface area contributed by atoms with Gasteiger partial charge in [0.2, 0.25) is 0 Å². The Hall–Kier alpha value is -2.58. The zero-order valence-corrected chi connectivity index (χ0v) is 15.0. The van der Waals surface area contributed by atoms with Crippen LogP contribution < -0.4 is 10.4 Å². The molecule has 0 aliphatic carbocycles. The van der Waals surface area contributed by atoms with Crippen LogP contribution in [0.3, 0.4) is 0 Å². The first kappa shape index (κ1) is 15.0. The molecule has 24 heavy (non-hydrogen) atoms. The van der Waals surface area contributed by atoms with Gasteiger partial charge in [0.05, 0.1) is 11.0 Å². The van der Waals surface area contributed by atoms with Gasteiger partial charge in [-0.3, -0.25) is 0 Å². The number of benzene rings is 3. The number of aryl methyl sites for hydroxylation is 1. The first-order valence-electron chi connectivity index (χ1n) is 8.17. The summed E-state index contributed by atoms with van der Waals surface area (Å²) in [6.45, 7) is 8.39. The molecule has 2 radical (unpaired) electrons. The minimum Gasteiger partial charge on any atom is -0.317 e. The van der Waals surface area contributed by atoms with Crippen molar-refractivity contribution in [1.82, 2.24) is 4.57 Å². The van der Waals surface area contributed by atoms with Gasteiger partial charge in [0, 0.05) is 17.0 Å². The Morgan fingerprint density at radius 2 is 1.67 bits per heavy atom. The van der Waals surface area contributed by atoms with E-state index in [4.69, 9.17) is 0 Å². The lowest BCUT2D eigenvalue weighted by Gasteiger charge is -2.08. The van der Waals surface area contributed by atoms with E-state index in [0.29, 0.717) is 9.52 Å². The van der Waals surface area contributed by atoms with Crippen LogP contribution in [0.5, 0.6) is 0 Å². The highest BCUT2D eigenvalue weighted by Gasteiger charge is 2.10. The monoisotopic (exact) mass is 325 g/mol. The average Bonchev–Trinajstić information content (AvgIpc) is 2.92. The van der Waals surface area contributed by atoms with Gasteiger partial charge in [-0.15, -0.1) is 0 Å². The van der Waals surface area contributed by atoms with Crippen molar-refractivity contribution in [3.05, 3.63) is 78.4 Å². The van der Waals surface area contributed by atoms with E-state index >= 15 is 0 Å². The largest absolute Gasteiger partial charge is 0.317 e. The Bertz CT molecular complexity index is 1070. The van der Waals surface area contributed by atoms with Gasteiger partial charge in [0.25, 0.3) is 0 Å². The highest BCUT2D eigenvalue weighted by Crippen LogP contribution is 2.28. The molecule has 116 valence electrons. The molecule has 1 aromatic heterocycles. The average molecular weight is 325 g/mol. The molecule has 0 spiro atoms. The molecule has 0 saturated heterocycles. The second-order valence-corrected chi connectivity index (χ2v) is 7.54. The van der Waals surface area contributed by atoms with Gasteiger partial charge in [0.1, 0.15) is 9.52 Å². The van der Waals surface area contributed by atoms with Crippen LogP contribution in [0.25, 0.3) is 28.0 Å². The van der Waals surface area contributed by atoms with Gasteiger partial charge in [-0.05, 0) is 37.1 Å². The lowest BCUT2D eigenvalue weighted by atomic mass is 10.1. The maximum atomic E-state index is 3.98. The van der Waals surface area contributed by atoms with E-state index < -0.39 is 0 Å². The molecule has 2 heteroatoms. The molecule has 1 nitrogen and oxygen atoms in total. The second-order valence-electron chi connectivity index (χ2n) is 6.17. The number of nitrogens with zero attached hydrogens (tertiary/aromatic N) is 1. The smallest absolute Gasteiger partial charge is 0.121 e. The van der Waals surface area contributed by atoms with Crippen molar-refractivity contribution in [2.24, 2.45) is 0 Å². The lowest BCUT2D eigenvalue weighted by Crippen LogP contribution is -2.29. The summed E-state index contributed by atoms with van der Waals surface area (Å²) in [5.74, 6) is 0. The van der Waals surface area contributed by atoms with E-state index in [1.54, 1.807) is 0 Å². The van der Waals surface area contributed by atoms with Crippen molar-refractivity contribution < 1.29 is 0 Å². The molecule has 4 rings (SSSR count). The van der Waals surface area contributed by atoms with Gasteiger partial charge in [0.15, 0.2) is 0 Å². The number of fused-ring (bicyclic) bond motifs is 3. The SMILES string of the molecule is C=Cn1c2ccccc2c2cc([Si]c3cccc(C)c3C)ccc21. The van der Waals surface area contributed by atoms with Crippen molar-refractivity contribution >= 4 is 47.9 Å². The summed E-state index contributed by atoms with van der Waals surface area (Å²) < 4.78 is 2.18. The lowest BCUT2D eigenvalue weighted by molar-refractivity contribution is 1.30. The van der Waals surface area contributed by atoms with Crippen molar-refractivity contribution in [2.45, 2.75) is 13.8 Å². The van der Waals surface area contributed by atoms with Crippen molar-refractivity contribution in [1.29, 1.82) is 0 Å². The number of rotatable bonds is 3.